The number of hydrogen-bond donors (Lipinski definition) is 1. The molecule has 2 atom stereocenters. The van der Waals surface area contributed by atoms with Crippen LogP contribution in [0.15, 0.2) is 24.3 Å². The van der Waals surface area contributed by atoms with Gasteiger partial charge in [-0.2, -0.15) is 0 Å². The van der Waals surface area contributed by atoms with E-state index in [4.69, 9.17) is 14.2 Å². The van der Waals surface area contributed by atoms with Crippen LogP contribution in [0.3, 0.4) is 0 Å². The molecule has 1 N–H and O–H groups in total. The smallest absolute Gasteiger partial charge is 0.410 e. The van der Waals surface area contributed by atoms with Crippen LogP contribution in [0.5, 0.6) is 0 Å². The average Bonchev–Trinajstić information content (AvgIpc) is 3.14. The van der Waals surface area contributed by atoms with Crippen molar-refractivity contribution in [3.8, 4) is 0 Å². The molecule has 2 bridgehead atoms. The van der Waals surface area contributed by atoms with Gasteiger partial charge in [0, 0.05) is 30.5 Å². The Labute approximate surface area is 166 Å². The number of carbonyl (C=O) groups is 1. The Morgan fingerprint density at radius 2 is 1.68 bits per heavy atom. The van der Waals surface area contributed by atoms with E-state index in [2.05, 4.69) is 0 Å². The van der Waals surface area contributed by atoms with Gasteiger partial charge in [0.2, 0.25) is 0 Å². The molecule has 28 heavy (non-hydrogen) atoms. The summed E-state index contributed by atoms with van der Waals surface area (Å²) in [4.78, 5) is 14.6. The van der Waals surface area contributed by atoms with Gasteiger partial charge in [0.15, 0.2) is 6.29 Å². The number of rotatable bonds is 2. The molecule has 0 aromatic heterocycles. The van der Waals surface area contributed by atoms with Crippen LogP contribution >= 0.6 is 0 Å². The highest BCUT2D eigenvalue weighted by Crippen LogP contribution is 2.45. The Morgan fingerprint density at radius 1 is 1.11 bits per heavy atom. The van der Waals surface area contributed by atoms with Crippen LogP contribution in [0.4, 0.5) is 4.79 Å². The Bertz CT molecular complexity index is 691. The molecule has 0 radical (unpaired) electrons. The normalized spacial score (nSPS) is 31.1. The van der Waals surface area contributed by atoms with Gasteiger partial charge in [-0.25, -0.2) is 4.79 Å². The van der Waals surface area contributed by atoms with Crippen molar-refractivity contribution in [2.24, 2.45) is 0 Å². The molecule has 6 heteroatoms. The molecule has 4 rings (SSSR count). The van der Waals surface area contributed by atoms with Crippen LogP contribution in [0.2, 0.25) is 0 Å². The van der Waals surface area contributed by atoms with Crippen molar-refractivity contribution >= 4 is 6.09 Å². The highest BCUT2D eigenvalue weighted by Gasteiger charge is 2.49. The molecule has 1 amide bonds. The molecule has 0 spiro atoms. The van der Waals surface area contributed by atoms with Gasteiger partial charge in [0.25, 0.3) is 0 Å². The minimum absolute atomic E-state index is 0.00789. The zero-order valence-corrected chi connectivity index (χ0v) is 17.0. The molecule has 6 nitrogen and oxygen atoms in total. The number of hydrogen-bond acceptors (Lipinski definition) is 5. The maximum Gasteiger partial charge on any atom is 0.410 e. The Morgan fingerprint density at radius 3 is 2.21 bits per heavy atom. The van der Waals surface area contributed by atoms with Crippen molar-refractivity contribution < 1.29 is 24.1 Å². The van der Waals surface area contributed by atoms with E-state index >= 15 is 0 Å². The van der Waals surface area contributed by atoms with E-state index < -0.39 is 11.2 Å². The average molecular weight is 389 g/mol. The Kier molecular flexibility index (Phi) is 5.14. The minimum Gasteiger partial charge on any atom is -0.444 e. The SMILES string of the molecule is CC(C)(C)OC(=O)N1C2CCCC1CC(O)(c1ccc(C3OCCO3)cc1)C2. The van der Waals surface area contributed by atoms with Gasteiger partial charge < -0.3 is 24.2 Å². The highest BCUT2D eigenvalue weighted by atomic mass is 16.7. The van der Waals surface area contributed by atoms with Gasteiger partial charge in [-0.1, -0.05) is 24.3 Å². The minimum atomic E-state index is -0.926. The van der Waals surface area contributed by atoms with Crippen LogP contribution in [0, 0.1) is 0 Å². The molecule has 3 saturated heterocycles. The van der Waals surface area contributed by atoms with Gasteiger partial charge >= 0.3 is 6.09 Å². The largest absolute Gasteiger partial charge is 0.444 e. The lowest BCUT2D eigenvalue weighted by Crippen LogP contribution is -2.59. The van der Waals surface area contributed by atoms with Gasteiger partial charge in [0.05, 0.1) is 18.8 Å². The molecule has 1 aromatic carbocycles. The summed E-state index contributed by atoms with van der Waals surface area (Å²) in [6.07, 6.45) is 3.41. The fraction of sp³-hybridized carbons (Fsp3) is 0.682. The van der Waals surface area contributed by atoms with E-state index in [0.29, 0.717) is 26.1 Å². The summed E-state index contributed by atoms with van der Waals surface area (Å²) in [6, 6.07) is 7.90. The summed E-state index contributed by atoms with van der Waals surface area (Å²) in [7, 11) is 0. The molecule has 2 unspecified atom stereocenters. The fourth-order valence-electron chi connectivity index (χ4n) is 4.78. The van der Waals surface area contributed by atoms with Gasteiger partial charge in [-0.15, -0.1) is 0 Å². The standard InChI is InChI=1S/C22H31NO5/c1-21(2,3)28-20(24)23-17-5-4-6-18(23)14-22(25,13-17)16-9-7-15(8-10-16)19-26-11-12-27-19/h7-10,17-19,25H,4-6,11-14H2,1-3H3. The second-order valence-electron chi connectivity index (χ2n) is 9.26. The van der Waals surface area contributed by atoms with Gasteiger partial charge in [0.1, 0.15) is 5.60 Å². The summed E-state index contributed by atoms with van der Waals surface area (Å²) in [5, 5.41) is 11.5. The molecule has 0 saturated carbocycles. The first-order chi connectivity index (χ1) is 13.3. The maximum absolute atomic E-state index is 12.8. The van der Waals surface area contributed by atoms with Crippen molar-refractivity contribution in [1.82, 2.24) is 4.90 Å². The van der Waals surface area contributed by atoms with E-state index in [0.717, 1.165) is 30.4 Å². The van der Waals surface area contributed by atoms with E-state index in [-0.39, 0.29) is 24.5 Å². The Balaban J connectivity index is 1.51. The predicted molar refractivity (Wildman–Crippen MR) is 104 cm³/mol. The number of benzene rings is 1. The third-order valence-electron chi connectivity index (χ3n) is 5.95. The molecular formula is C22H31NO5. The molecule has 3 heterocycles. The first-order valence-corrected chi connectivity index (χ1v) is 10.3. The summed E-state index contributed by atoms with van der Waals surface area (Å²) in [5.41, 5.74) is 0.426. The number of piperidine rings is 2. The van der Waals surface area contributed by atoms with Crippen LogP contribution in [0.1, 0.15) is 70.3 Å². The second-order valence-corrected chi connectivity index (χ2v) is 9.26. The first-order valence-electron chi connectivity index (χ1n) is 10.3. The number of nitrogens with zero attached hydrogens (tertiary/aromatic N) is 1. The zero-order chi connectivity index (χ0) is 19.9. The van der Waals surface area contributed by atoms with E-state index in [1.165, 1.54) is 0 Å². The van der Waals surface area contributed by atoms with E-state index in [9.17, 15) is 9.90 Å². The molecular weight excluding hydrogens is 358 g/mol. The van der Waals surface area contributed by atoms with Crippen LogP contribution in [-0.2, 0) is 19.8 Å². The summed E-state index contributed by atoms with van der Waals surface area (Å²) in [5.74, 6) is 0. The van der Waals surface area contributed by atoms with E-state index in [1.54, 1.807) is 0 Å². The quantitative estimate of drug-likeness (QED) is 0.832. The second kappa shape index (κ2) is 7.32. The summed E-state index contributed by atoms with van der Waals surface area (Å²) in [6.45, 7) is 6.89. The fourth-order valence-corrected chi connectivity index (χ4v) is 4.78. The molecule has 3 aliphatic rings. The number of amides is 1. The van der Waals surface area contributed by atoms with Crippen LogP contribution in [-0.4, -0.2) is 47.0 Å². The van der Waals surface area contributed by atoms with Crippen molar-refractivity contribution in [3.63, 3.8) is 0 Å². The van der Waals surface area contributed by atoms with E-state index in [1.807, 2.05) is 49.9 Å². The van der Waals surface area contributed by atoms with Crippen molar-refractivity contribution in [2.45, 2.75) is 82.5 Å². The van der Waals surface area contributed by atoms with Crippen molar-refractivity contribution in [3.05, 3.63) is 35.4 Å². The molecule has 3 aliphatic heterocycles. The lowest BCUT2D eigenvalue weighted by atomic mass is 9.72. The number of fused-ring (bicyclic) bond motifs is 2. The monoisotopic (exact) mass is 389 g/mol. The Hall–Kier alpha value is -1.63. The first kappa shape index (κ1) is 19.7. The lowest BCUT2D eigenvalue weighted by Gasteiger charge is -2.51. The zero-order valence-electron chi connectivity index (χ0n) is 17.0. The van der Waals surface area contributed by atoms with Gasteiger partial charge in [-0.3, -0.25) is 0 Å². The molecule has 3 fully saturated rings. The third kappa shape index (κ3) is 3.91. The van der Waals surface area contributed by atoms with Crippen molar-refractivity contribution in [1.29, 1.82) is 0 Å². The molecule has 0 aliphatic carbocycles. The third-order valence-corrected chi connectivity index (χ3v) is 5.95. The predicted octanol–water partition coefficient (Wildman–Crippen LogP) is 3.87. The molecule has 154 valence electrons. The van der Waals surface area contributed by atoms with Crippen LogP contribution < -0.4 is 0 Å². The topological polar surface area (TPSA) is 68.2 Å². The summed E-state index contributed by atoms with van der Waals surface area (Å²) >= 11 is 0. The maximum atomic E-state index is 12.8. The lowest BCUT2D eigenvalue weighted by molar-refractivity contribution is -0.0966. The number of ether oxygens (including phenoxy) is 3. The van der Waals surface area contributed by atoms with Crippen molar-refractivity contribution in [2.75, 3.05) is 13.2 Å². The molecule has 1 aromatic rings. The van der Waals surface area contributed by atoms with Crippen LogP contribution in [0.25, 0.3) is 0 Å². The number of aliphatic hydroxyl groups is 1. The van der Waals surface area contributed by atoms with Gasteiger partial charge in [-0.05, 0) is 45.6 Å². The number of carbonyl (C=O) groups excluding carboxylic acids is 1. The summed E-state index contributed by atoms with van der Waals surface area (Å²) < 4.78 is 16.7. The highest BCUT2D eigenvalue weighted by molar-refractivity contribution is 5.69.